The lowest BCUT2D eigenvalue weighted by atomic mass is 9.93. The number of aromatic nitrogens is 3. The van der Waals surface area contributed by atoms with Gasteiger partial charge in [-0.3, -0.25) is 14.5 Å². The van der Waals surface area contributed by atoms with Crippen molar-refractivity contribution in [3.63, 3.8) is 0 Å². The summed E-state index contributed by atoms with van der Waals surface area (Å²) in [6.45, 7) is 2.23. The molecule has 0 bridgehead atoms. The first-order chi connectivity index (χ1) is 17.4. The largest absolute Gasteiger partial charge is 0.325 e. The molecular weight excluding hydrogens is 456 g/mol. The summed E-state index contributed by atoms with van der Waals surface area (Å²) in [6.07, 6.45) is 5.38. The molecule has 1 aromatic heterocycles. The molecular formula is C27H30N6O3. The van der Waals surface area contributed by atoms with Crippen LogP contribution in [0.4, 0.5) is 10.5 Å². The molecule has 2 N–H and O–H groups in total. The Labute approximate surface area is 209 Å². The Hall–Kier alpha value is -4.01. The molecule has 1 saturated heterocycles. The number of carbonyl (C=O) groups is 3. The maximum Gasteiger partial charge on any atom is 0.325 e. The molecule has 1 fully saturated rings. The number of anilines is 1. The Balaban J connectivity index is 1.23. The minimum atomic E-state index is -1.04. The standard InChI is InChI=1S/C27H30N6O3/c1-27(15-14-19-9-4-2-5-10-19)25(35)33(26(36)29-27)18-23(34)28-21-12-8-11-20(17-21)24-31-30-22-13-6-3-7-16-32(22)24/h2,4-5,8-12,17H,3,6-7,13-16,18H2,1H3,(H,28,34)(H,29,36). The second-order valence-corrected chi connectivity index (χ2v) is 9.67. The molecule has 36 heavy (non-hydrogen) atoms. The molecule has 4 amide bonds. The van der Waals surface area contributed by atoms with Crippen LogP contribution in [-0.4, -0.2) is 49.6 Å². The molecule has 0 radical (unpaired) electrons. The monoisotopic (exact) mass is 486 g/mol. The van der Waals surface area contributed by atoms with Gasteiger partial charge >= 0.3 is 6.03 Å². The van der Waals surface area contributed by atoms with Crippen molar-refractivity contribution in [3.05, 3.63) is 66.0 Å². The molecule has 3 aromatic rings. The van der Waals surface area contributed by atoms with E-state index < -0.39 is 23.4 Å². The number of benzene rings is 2. The molecule has 1 atom stereocenters. The predicted octanol–water partition coefficient (Wildman–Crippen LogP) is 3.55. The van der Waals surface area contributed by atoms with Crippen LogP contribution >= 0.6 is 0 Å². The van der Waals surface area contributed by atoms with Crippen LogP contribution in [0.2, 0.25) is 0 Å². The number of amides is 4. The van der Waals surface area contributed by atoms with Gasteiger partial charge in [-0.15, -0.1) is 10.2 Å². The Bertz CT molecular complexity index is 1290. The summed E-state index contributed by atoms with van der Waals surface area (Å²) in [7, 11) is 0. The minimum absolute atomic E-state index is 0.351. The highest BCUT2D eigenvalue weighted by atomic mass is 16.2. The maximum atomic E-state index is 13.1. The number of nitrogens with zero attached hydrogens (tertiary/aromatic N) is 4. The zero-order chi connectivity index (χ0) is 25.1. The van der Waals surface area contributed by atoms with Gasteiger partial charge in [-0.1, -0.05) is 48.9 Å². The summed E-state index contributed by atoms with van der Waals surface area (Å²) in [6, 6.07) is 16.6. The fraction of sp³-hybridized carbons (Fsp3) is 0.370. The summed E-state index contributed by atoms with van der Waals surface area (Å²) >= 11 is 0. The maximum absolute atomic E-state index is 13.1. The molecule has 0 aliphatic carbocycles. The lowest BCUT2D eigenvalue weighted by Crippen LogP contribution is -2.45. The van der Waals surface area contributed by atoms with Gasteiger partial charge in [-0.2, -0.15) is 0 Å². The van der Waals surface area contributed by atoms with Crippen molar-refractivity contribution >= 4 is 23.5 Å². The van der Waals surface area contributed by atoms with Crippen LogP contribution in [0.15, 0.2) is 54.6 Å². The fourth-order valence-electron chi connectivity index (χ4n) is 4.88. The van der Waals surface area contributed by atoms with Crippen LogP contribution in [-0.2, 0) is 29.0 Å². The quantitative estimate of drug-likeness (QED) is 0.497. The number of carbonyl (C=O) groups excluding carboxylic acids is 3. The Morgan fingerprint density at radius 1 is 1.06 bits per heavy atom. The van der Waals surface area contributed by atoms with E-state index in [1.165, 1.54) is 6.42 Å². The fourth-order valence-corrected chi connectivity index (χ4v) is 4.88. The smallest absolute Gasteiger partial charge is 0.325 e. The van der Waals surface area contributed by atoms with Crippen LogP contribution in [0.1, 0.15) is 44.0 Å². The van der Waals surface area contributed by atoms with Gasteiger partial charge in [0.1, 0.15) is 17.9 Å². The number of imide groups is 1. The average molecular weight is 487 g/mol. The van der Waals surface area contributed by atoms with Crippen LogP contribution in [0, 0.1) is 0 Å². The predicted molar refractivity (Wildman–Crippen MR) is 135 cm³/mol. The van der Waals surface area contributed by atoms with Gasteiger partial charge in [-0.25, -0.2) is 4.79 Å². The normalized spacial score (nSPS) is 19.5. The Morgan fingerprint density at radius 3 is 2.72 bits per heavy atom. The van der Waals surface area contributed by atoms with Crippen molar-refractivity contribution in [2.75, 3.05) is 11.9 Å². The summed E-state index contributed by atoms with van der Waals surface area (Å²) in [4.78, 5) is 39.4. The van der Waals surface area contributed by atoms with Gasteiger partial charge in [0, 0.05) is 24.2 Å². The molecule has 1 unspecified atom stereocenters. The second-order valence-electron chi connectivity index (χ2n) is 9.67. The van der Waals surface area contributed by atoms with Gasteiger partial charge in [0.05, 0.1) is 0 Å². The van der Waals surface area contributed by atoms with E-state index in [2.05, 4.69) is 25.4 Å². The molecule has 3 heterocycles. The molecule has 2 aliphatic rings. The molecule has 0 saturated carbocycles. The molecule has 5 rings (SSSR count). The first-order valence-electron chi connectivity index (χ1n) is 12.4. The van der Waals surface area contributed by atoms with Crippen LogP contribution < -0.4 is 10.6 Å². The van der Waals surface area contributed by atoms with E-state index in [0.29, 0.717) is 18.5 Å². The molecule has 2 aromatic carbocycles. The number of rotatable bonds is 7. The first kappa shape index (κ1) is 23.7. The van der Waals surface area contributed by atoms with Crippen molar-refractivity contribution in [3.8, 4) is 11.4 Å². The van der Waals surface area contributed by atoms with Crippen molar-refractivity contribution in [2.45, 2.75) is 57.5 Å². The number of nitrogens with one attached hydrogen (secondary N) is 2. The summed E-state index contributed by atoms with van der Waals surface area (Å²) < 4.78 is 2.15. The van der Waals surface area contributed by atoms with Crippen molar-refractivity contribution in [1.29, 1.82) is 0 Å². The third-order valence-electron chi connectivity index (χ3n) is 6.92. The van der Waals surface area contributed by atoms with Gasteiger partial charge < -0.3 is 15.2 Å². The number of aryl methyl sites for hydroxylation is 2. The third-order valence-corrected chi connectivity index (χ3v) is 6.92. The van der Waals surface area contributed by atoms with Gasteiger partial charge in [0.15, 0.2) is 5.82 Å². The number of hydrogen-bond donors (Lipinski definition) is 2. The lowest BCUT2D eigenvalue weighted by Gasteiger charge is -2.21. The van der Waals surface area contributed by atoms with Crippen LogP contribution in [0.5, 0.6) is 0 Å². The molecule has 186 valence electrons. The lowest BCUT2D eigenvalue weighted by molar-refractivity contribution is -0.133. The SMILES string of the molecule is CC1(CCc2ccccc2)NC(=O)N(CC(=O)Nc2cccc(-c3nnc4n3CCCCC4)c2)C1=O. The summed E-state index contributed by atoms with van der Waals surface area (Å²) in [5.74, 6) is 0.943. The van der Waals surface area contributed by atoms with E-state index >= 15 is 0 Å². The summed E-state index contributed by atoms with van der Waals surface area (Å²) in [5.41, 5.74) is 1.47. The van der Waals surface area contributed by atoms with E-state index in [0.717, 1.165) is 53.5 Å². The van der Waals surface area contributed by atoms with E-state index in [9.17, 15) is 14.4 Å². The zero-order valence-electron chi connectivity index (χ0n) is 20.4. The average Bonchev–Trinajstić information content (AvgIpc) is 3.26. The van der Waals surface area contributed by atoms with Crippen LogP contribution in [0.3, 0.4) is 0 Å². The Kier molecular flexibility index (Phi) is 6.54. The molecule has 0 spiro atoms. The van der Waals surface area contributed by atoms with E-state index in [4.69, 9.17) is 0 Å². The number of hydrogen-bond acceptors (Lipinski definition) is 5. The molecule has 2 aliphatic heterocycles. The zero-order valence-corrected chi connectivity index (χ0v) is 20.4. The van der Waals surface area contributed by atoms with E-state index in [-0.39, 0.29) is 6.54 Å². The van der Waals surface area contributed by atoms with Crippen LogP contribution in [0.25, 0.3) is 11.4 Å². The van der Waals surface area contributed by atoms with Crippen molar-refractivity contribution in [1.82, 2.24) is 25.0 Å². The number of fused-ring (bicyclic) bond motifs is 1. The molecule has 9 nitrogen and oxygen atoms in total. The van der Waals surface area contributed by atoms with Gasteiger partial charge in [0.2, 0.25) is 5.91 Å². The highest BCUT2D eigenvalue weighted by Gasteiger charge is 2.47. The third kappa shape index (κ3) is 4.86. The topological polar surface area (TPSA) is 109 Å². The van der Waals surface area contributed by atoms with E-state index in [1.807, 2.05) is 48.5 Å². The Morgan fingerprint density at radius 2 is 1.89 bits per heavy atom. The van der Waals surface area contributed by atoms with E-state index in [1.54, 1.807) is 13.0 Å². The van der Waals surface area contributed by atoms with Gasteiger partial charge in [0.25, 0.3) is 5.91 Å². The highest BCUT2D eigenvalue weighted by molar-refractivity contribution is 6.10. The number of urea groups is 1. The summed E-state index contributed by atoms with van der Waals surface area (Å²) in [5, 5.41) is 14.3. The van der Waals surface area contributed by atoms with Gasteiger partial charge in [-0.05, 0) is 50.3 Å². The van der Waals surface area contributed by atoms with Crippen molar-refractivity contribution in [2.24, 2.45) is 0 Å². The first-order valence-corrected chi connectivity index (χ1v) is 12.4. The molecule has 9 heteroatoms. The van der Waals surface area contributed by atoms with Crippen molar-refractivity contribution < 1.29 is 14.4 Å². The minimum Gasteiger partial charge on any atom is -0.325 e. The second kappa shape index (κ2) is 9.93. The highest BCUT2D eigenvalue weighted by Crippen LogP contribution is 2.26.